The molecule has 0 saturated heterocycles. The predicted molar refractivity (Wildman–Crippen MR) is 104 cm³/mol. The monoisotopic (exact) mass is 457 g/mol. The quantitative estimate of drug-likeness (QED) is 0.633. The van der Waals surface area contributed by atoms with Crippen molar-refractivity contribution in [2.75, 3.05) is 33.3 Å². The summed E-state index contributed by atoms with van der Waals surface area (Å²) in [4.78, 5) is 24.4. The van der Waals surface area contributed by atoms with Crippen molar-refractivity contribution < 1.29 is 28.5 Å². The normalized spacial score (nSPS) is 10.1. The zero-order chi connectivity index (χ0) is 20.0. The number of carbonyl (C=O) groups excluding carboxylic acids is 2. The minimum Gasteiger partial charge on any atom is -0.493 e. The zero-order valence-electron chi connectivity index (χ0n) is 14.8. The van der Waals surface area contributed by atoms with E-state index in [9.17, 15) is 9.59 Å². The highest BCUT2D eigenvalue weighted by Crippen LogP contribution is 2.44. The number of carbonyl (C=O) groups is 2. The molecule has 2 aromatic carbocycles. The molecule has 7 nitrogen and oxygen atoms in total. The fraction of sp³-hybridized carbons (Fsp3) is 0.222. The molecule has 0 aliphatic heterocycles. The van der Waals surface area contributed by atoms with Crippen LogP contribution in [0.1, 0.15) is 10.4 Å². The van der Waals surface area contributed by atoms with Crippen molar-refractivity contribution in [3.63, 3.8) is 0 Å². The molecule has 2 rings (SSSR count). The van der Waals surface area contributed by atoms with Gasteiger partial charge in [0.2, 0.25) is 5.75 Å². The van der Waals surface area contributed by atoms with Crippen LogP contribution in [0.25, 0.3) is 0 Å². The van der Waals surface area contributed by atoms with Crippen LogP contribution in [-0.4, -0.2) is 39.8 Å². The van der Waals surface area contributed by atoms with Gasteiger partial charge in [0, 0.05) is 0 Å². The molecule has 0 bridgehead atoms. The van der Waals surface area contributed by atoms with Crippen LogP contribution in [-0.2, 0) is 9.53 Å². The minimum atomic E-state index is -0.740. The number of esters is 1. The summed E-state index contributed by atoms with van der Waals surface area (Å²) < 4.78 is 21.1. The first-order valence-corrected chi connectivity index (χ1v) is 8.80. The molecule has 0 spiro atoms. The summed E-state index contributed by atoms with van der Waals surface area (Å²) in [7, 11) is 4.30. The summed E-state index contributed by atoms with van der Waals surface area (Å²) in [5.74, 6) is -0.398. The summed E-state index contributed by atoms with van der Waals surface area (Å²) in [6.07, 6.45) is 0. The molecule has 0 radical (unpaired) electrons. The standard InChI is InChI=1S/C18H17BrClNO6/c1-24-13-8-10(15(19)17(26-3)16(13)25-2)18(23)27-9-14(22)21-12-7-5-4-6-11(12)20/h4-8H,9H2,1-3H3,(H,21,22). The number of rotatable bonds is 7. The van der Waals surface area contributed by atoms with Gasteiger partial charge in [0.25, 0.3) is 5.91 Å². The van der Waals surface area contributed by atoms with Gasteiger partial charge in [-0.05, 0) is 34.1 Å². The summed E-state index contributed by atoms with van der Waals surface area (Å²) in [5, 5.41) is 2.94. The highest BCUT2D eigenvalue weighted by molar-refractivity contribution is 9.10. The number of nitrogens with one attached hydrogen (secondary N) is 1. The number of anilines is 1. The van der Waals surface area contributed by atoms with E-state index in [0.29, 0.717) is 20.9 Å². The number of amides is 1. The van der Waals surface area contributed by atoms with Crippen LogP contribution in [0.3, 0.4) is 0 Å². The molecule has 2 aromatic rings. The smallest absolute Gasteiger partial charge is 0.340 e. The van der Waals surface area contributed by atoms with Crippen LogP contribution in [0.15, 0.2) is 34.8 Å². The number of methoxy groups -OCH3 is 3. The molecule has 1 amide bonds. The van der Waals surface area contributed by atoms with Gasteiger partial charge in [-0.15, -0.1) is 0 Å². The van der Waals surface area contributed by atoms with Crippen molar-refractivity contribution in [1.29, 1.82) is 0 Å². The molecule has 0 unspecified atom stereocenters. The Kier molecular flexibility index (Phi) is 7.32. The maximum Gasteiger partial charge on any atom is 0.340 e. The Bertz CT molecular complexity index is 858. The van der Waals surface area contributed by atoms with E-state index in [0.717, 1.165) is 0 Å². The summed E-state index contributed by atoms with van der Waals surface area (Å²) >= 11 is 9.26. The van der Waals surface area contributed by atoms with Crippen LogP contribution >= 0.6 is 27.5 Å². The van der Waals surface area contributed by atoms with Gasteiger partial charge in [-0.25, -0.2) is 4.79 Å². The van der Waals surface area contributed by atoms with Crippen molar-refractivity contribution >= 4 is 45.1 Å². The van der Waals surface area contributed by atoms with Gasteiger partial charge in [0.05, 0.1) is 42.1 Å². The van der Waals surface area contributed by atoms with E-state index in [1.54, 1.807) is 24.3 Å². The molecule has 9 heteroatoms. The molecule has 0 heterocycles. The van der Waals surface area contributed by atoms with Crippen molar-refractivity contribution in [3.05, 3.63) is 45.4 Å². The average molecular weight is 459 g/mol. The Balaban J connectivity index is 2.14. The van der Waals surface area contributed by atoms with Crippen molar-refractivity contribution in [3.8, 4) is 17.2 Å². The lowest BCUT2D eigenvalue weighted by Crippen LogP contribution is -2.21. The molecular formula is C18H17BrClNO6. The third kappa shape index (κ3) is 4.84. The molecule has 0 aromatic heterocycles. The Morgan fingerprint density at radius 1 is 1.07 bits per heavy atom. The highest BCUT2D eigenvalue weighted by atomic mass is 79.9. The largest absolute Gasteiger partial charge is 0.493 e. The van der Waals surface area contributed by atoms with E-state index in [4.69, 9.17) is 30.5 Å². The molecule has 0 atom stereocenters. The number of ether oxygens (including phenoxy) is 4. The SMILES string of the molecule is COc1cc(C(=O)OCC(=O)Nc2ccccc2Cl)c(Br)c(OC)c1OC. The number of halogens is 2. The summed E-state index contributed by atoms with van der Waals surface area (Å²) in [6.45, 7) is -0.493. The highest BCUT2D eigenvalue weighted by Gasteiger charge is 2.24. The maximum absolute atomic E-state index is 12.4. The van der Waals surface area contributed by atoms with Crippen LogP contribution in [0.5, 0.6) is 17.2 Å². The van der Waals surface area contributed by atoms with Gasteiger partial charge in [0.15, 0.2) is 18.1 Å². The van der Waals surface area contributed by atoms with E-state index in [1.807, 2.05) is 0 Å². The van der Waals surface area contributed by atoms with E-state index < -0.39 is 18.5 Å². The lowest BCUT2D eigenvalue weighted by atomic mass is 10.2. The zero-order valence-corrected chi connectivity index (χ0v) is 17.1. The fourth-order valence-corrected chi connectivity index (χ4v) is 3.03. The number of hydrogen-bond acceptors (Lipinski definition) is 6. The number of para-hydroxylation sites is 1. The van der Waals surface area contributed by atoms with Gasteiger partial charge in [0.1, 0.15) is 0 Å². The minimum absolute atomic E-state index is 0.120. The van der Waals surface area contributed by atoms with Gasteiger partial charge < -0.3 is 24.3 Å². The van der Waals surface area contributed by atoms with Gasteiger partial charge in [-0.3, -0.25) is 4.79 Å². The first-order valence-electron chi connectivity index (χ1n) is 7.62. The van der Waals surface area contributed by atoms with Crippen LogP contribution in [0, 0.1) is 0 Å². The molecule has 1 N–H and O–H groups in total. The molecule has 0 saturated carbocycles. The average Bonchev–Trinajstić information content (AvgIpc) is 2.67. The second kappa shape index (κ2) is 9.48. The van der Waals surface area contributed by atoms with E-state index in [2.05, 4.69) is 21.2 Å². The Morgan fingerprint density at radius 3 is 2.33 bits per heavy atom. The number of hydrogen-bond donors (Lipinski definition) is 1. The topological polar surface area (TPSA) is 83.1 Å². The third-order valence-electron chi connectivity index (χ3n) is 3.47. The van der Waals surface area contributed by atoms with Crippen molar-refractivity contribution in [2.45, 2.75) is 0 Å². The van der Waals surface area contributed by atoms with E-state index in [1.165, 1.54) is 27.4 Å². The maximum atomic E-state index is 12.4. The van der Waals surface area contributed by atoms with Crippen molar-refractivity contribution in [1.82, 2.24) is 0 Å². The summed E-state index contributed by atoms with van der Waals surface area (Å²) in [5.41, 5.74) is 0.546. The third-order valence-corrected chi connectivity index (χ3v) is 4.59. The first-order chi connectivity index (χ1) is 12.9. The van der Waals surface area contributed by atoms with Gasteiger partial charge in [-0.2, -0.15) is 0 Å². The fourth-order valence-electron chi connectivity index (χ4n) is 2.23. The molecule has 0 fully saturated rings. The molecule has 144 valence electrons. The lowest BCUT2D eigenvalue weighted by molar-refractivity contribution is -0.119. The predicted octanol–water partition coefficient (Wildman–Crippen LogP) is 3.92. The first kappa shape index (κ1) is 20.9. The summed E-state index contributed by atoms with van der Waals surface area (Å²) in [6, 6.07) is 8.16. The molecule has 0 aliphatic carbocycles. The Hall–Kier alpha value is -2.45. The molecular weight excluding hydrogens is 442 g/mol. The van der Waals surface area contributed by atoms with Crippen molar-refractivity contribution in [2.24, 2.45) is 0 Å². The second-order valence-corrected chi connectivity index (χ2v) is 6.31. The molecule has 27 heavy (non-hydrogen) atoms. The lowest BCUT2D eigenvalue weighted by Gasteiger charge is -2.16. The van der Waals surface area contributed by atoms with Crippen LogP contribution in [0.2, 0.25) is 5.02 Å². The van der Waals surface area contributed by atoms with Gasteiger partial charge in [-0.1, -0.05) is 23.7 Å². The number of benzene rings is 2. The van der Waals surface area contributed by atoms with E-state index >= 15 is 0 Å². The van der Waals surface area contributed by atoms with Crippen LogP contribution in [0.4, 0.5) is 5.69 Å². The Morgan fingerprint density at radius 2 is 1.74 bits per heavy atom. The second-order valence-electron chi connectivity index (χ2n) is 5.11. The van der Waals surface area contributed by atoms with Gasteiger partial charge >= 0.3 is 5.97 Å². The molecule has 0 aliphatic rings. The van der Waals surface area contributed by atoms with Crippen LogP contribution < -0.4 is 19.5 Å². The Labute approximate surface area is 169 Å². The van der Waals surface area contributed by atoms with E-state index in [-0.39, 0.29) is 17.1 Å².